The normalized spacial score (nSPS) is 22.4. The van der Waals surface area contributed by atoms with Crippen molar-refractivity contribution >= 4 is 43.9 Å². The molecule has 214 valence electrons. The van der Waals surface area contributed by atoms with Crippen LogP contribution in [0.4, 0.5) is 23.3 Å². The third-order valence-electron chi connectivity index (χ3n) is 8.59. The van der Waals surface area contributed by atoms with Crippen LogP contribution in [-0.4, -0.2) is 84.9 Å². The SMILES string of the molecule is CC(C)c1ccc(N2CC(CS(=O)(=O)C3CNC3)C2)c2cnc(Nc3ccnc(N4CC[C@@H](O)[C@H](C)C4)n3)cc12. The van der Waals surface area contributed by atoms with Gasteiger partial charge in [-0.1, -0.05) is 26.8 Å². The lowest BCUT2D eigenvalue weighted by Crippen LogP contribution is -2.56. The number of nitrogens with one attached hydrogen (secondary N) is 2. The molecule has 0 bridgehead atoms. The van der Waals surface area contributed by atoms with Crippen molar-refractivity contribution in [3.8, 4) is 0 Å². The summed E-state index contributed by atoms with van der Waals surface area (Å²) in [6, 6.07) is 8.26. The topological polar surface area (TPSA) is 124 Å². The minimum atomic E-state index is -3.04. The summed E-state index contributed by atoms with van der Waals surface area (Å²) >= 11 is 0. The highest BCUT2D eigenvalue weighted by Gasteiger charge is 2.37. The number of nitrogens with zero attached hydrogens (tertiary/aromatic N) is 5. The molecule has 1 aromatic carbocycles. The Morgan fingerprint density at radius 3 is 2.58 bits per heavy atom. The maximum Gasteiger partial charge on any atom is 0.227 e. The van der Waals surface area contributed by atoms with Crippen molar-refractivity contribution in [2.75, 3.05) is 60.1 Å². The molecule has 5 heterocycles. The Morgan fingerprint density at radius 1 is 1.07 bits per heavy atom. The Bertz CT molecular complexity index is 1490. The predicted molar refractivity (Wildman–Crippen MR) is 159 cm³/mol. The first kappa shape index (κ1) is 27.2. The number of pyridine rings is 1. The molecule has 11 heteroatoms. The molecule has 0 amide bonds. The van der Waals surface area contributed by atoms with Gasteiger partial charge >= 0.3 is 0 Å². The van der Waals surface area contributed by atoms with Gasteiger partial charge in [-0.2, -0.15) is 4.98 Å². The van der Waals surface area contributed by atoms with Crippen molar-refractivity contribution in [1.82, 2.24) is 20.3 Å². The van der Waals surface area contributed by atoms with E-state index < -0.39 is 9.84 Å². The van der Waals surface area contributed by atoms with Gasteiger partial charge in [0.05, 0.1) is 17.1 Å². The van der Waals surface area contributed by atoms with Gasteiger partial charge < -0.3 is 25.5 Å². The van der Waals surface area contributed by atoms with E-state index in [2.05, 4.69) is 57.5 Å². The molecular formula is C29H39N7O3S. The monoisotopic (exact) mass is 565 g/mol. The van der Waals surface area contributed by atoms with E-state index in [1.54, 1.807) is 6.20 Å². The zero-order chi connectivity index (χ0) is 28.0. The highest BCUT2D eigenvalue weighted by atomic mass is 32.2. The molecule has 0 spiro atoms. The molecule has 6 rings (SSSR count). The standard InChI is InChI=1S/C29H39N7O3S/c1-18(2)22-4-5-25(36-15-20(16-36)17-40(38,39)21-11-30-12-21)24-13-32-28(10-23(22)24)33-27-6-8-31-29(34-27)35-9-7-26(37)19(3)14-35/h4-6,8,10,13,18-21,26,30,37H,7,9,11-12,14-17H2,1-3H3,(H,31,32,33,34)/t19-,26-/m1/s1. The van der Waals surface area contributed by atoms with Crippen molar-refractivity contribution < 1.29 is 13.5 Å². The molecule has 0 radical (unpaired) electrons. The van der Waals surface area contributed by atoms with Crippen molar-refractivity contribution in [3.05, 3.63) is 42.2 Å². The van der Waals surface area contributed by atoms with E-state index in [0.717, 1.165) is 42.6 Å². The first-order valence-corrected chi connectivity index (χ1v) is 16.0. The Labute approximate surface area is 236 Å². The van der Waals surface area contributed by atoms with Crippen LogP contribution in [0.25, 0.3) is 10.8 Å². The number of hydrogen-bond acceptors (Lipinski definition) is 10. The predicted octanol–water partition coefficient (Wildman–Crippen LogP) is 2.92. The van der Waals surface area contributed by atoms with Gasteiger partial charge in [0.2, 0.25) is 5.95 Å². The molecule has 3 aliphatic heterocycles. The summed E-state index contributed by atoms with van der Waals surface area (Å²) in [5.41, 5.74) is 2.34. The average Bonchev–Trinajstić information content (AvgIpc) is 2.86. The van der Waals surface area contributed by atoms with Crippen LogP contribution in [0.2, 0.25) is 0 Å². The molecule has 0 saturated carbocycles. The van der Waals surface area contributed by atoms with Crippen molar-refractivity contribution in [1.29, 1.82) is 0 Å². The van der Waals surface area contributed by atoms with Crippen LogP contribution in [0.3, 0.4) is 0 Å². The second-order valence-electron chi connectivity index (χ2n) is 12.0. The minimum absolute atomic E-state index is 0.164. The number of aromatic nitrogens is 3. The second-order valence-corrected chi connectivity index (χ2v) is 14.3. The molecule has 3 fully saturated rings. The molecular weight excluding hydrogens is 526 g/mol. The first-order valence-electron chi connectivity index (χ1n) is 14.3. The zero-order valence-electron chi connectivity index (χ0n) is 23.4. The average molecular weight is 566 g/mol. The smallest absolute Gasteiger partial charge is 0.227 e. The van der Waals surface area contributed by atoms with Crippen molar-refractivity contribution in [2.24, 2.45) is 11.8 Å². The maximum absolute atomic E-state index is 12.6. The van der Waals surface area contributed by atoms with Crippen LogP contribution in [0.1, 0.15) is 38.7 Å². The first-order chi connectivity index (χ1) is 19.2. The van der Waals surface area contributed by atoms with E-state index in [9.17, 15) is 13.5 Å². The van der Waals surface area contributed by atoms with Gasteiger partial charge in [0.1, 0.15) is 11.6 Å². The van der Waals surface area contributed by atoms with Gasteiger partial charge in [-0.25, -0.2) is 18.4 Å². The van der Waals surface area contributed by atoms with Gasteiger partial charge in [-0.05, 0) is 47.4 Å². The third kappa shape index (κ3) is 5.34. The van der Waals surface area contributed by atoms with Gasteiger partial charge in [-0.3, -0.25) is 0 Å². The zero-order valence-corrected chi connectivity index (χ0v) is 24.2. The molecule has 0 unspecified atom stereocenters. The Hall–Kier alpha value is -3.02. The highest BCUT2D eigenvalue weighted by molar-refractivity contribution is 7.92. The van der Waals surface area contributed by atoms with Gasteiger partial charge in [0.25, 0.3) is 0 Å². The second kappa shape index (κ2) is 10.8. The number of piperidine rings is 1. The molecule has 2 aromatic heterocycles. The highest BCUT2D eigenvalue weighted by Crippen LogP contribution is 2.37. The molecule has 0 aliphatic carbocycles. The molecule has 40 heavy (non-hydrogen) atoms. The number of fused-ring (bicyclic) bond motifs is 1. The summed E-state index contributed by atoms with van der Waals surface area (Å²) in [7, 11) is -3.04. The molecule has 3 aliphatic rings. The minimum Gasteiger partial charge on any atom is -0.393 e. The van der Waals surface area contributed by atoms with Crippen LogP contribution in [-0.2, 0) is 9.84 Å². The molecule has 3 aromatic rings. The fourth-order valence-electron chi connectivity index (χ4n) is 5.96. The van der Waals surface area contributed by atoms with Crippen molar-refractivity contribution in [3.63, 3.8) is 0 Å². The third-order valence-corrected chi connectivity index (χ3v) is 10.9. The Morgan fingerprint density at radius 2 is 1.88 bits per heavy atom. The maximum atomic E-state index is 12.6. The molecule has 3 saturated heterocycles. The van der Waals surface area contributed by atoms with E-state index >= 15 is 0 Å². The number of aliphatic hydroxyl groups excluding tert-OH is 1. The summed E-state index contributed by atoms with van der Waals surface area (Å²) in [5, 5.41) is 18.5. The summed E-state index contributed by atoms with van der Waals surface area (Å²) in [5.74, 6) is 2.97. The quantitative estimate of drug-likeness (QED) is 0.376. The Balaban J connectivity index is 1.21. The van der Waals surface area contributed by atoms with Gasteiger partial charge in [0.15, 0.2) is 9.84 Å². The van der Waals surface area contributed by atoms with Gasteiger partial charge in [-0.15, -0.1) is 0 Å². The number of anilines is 4. The lowest BCUT2D eigenvalue weighted by atomic mass is 9.93. The molecule has 3 N–H and O–H groups in total. The molecule has 10 nitrogen and oxygen atoms in total. The number of benzene rings is 1. The largest absolute Gasteiger partial charge is 0.393 e. The van der Waals surface area contributed by atoms with E-state index in [1.807, 2.05) is 19.2 Å². The van der Waals surface area contributed by atoms with E-state index in [0.29, 0.717) is 43.0 Å². The van der Waals surface area contributed by atoms with Crippen LogP contribution >= 0.6 is 0 Å². The number of aliphatic hydroxyl groups is 1. The van der Waals surface area contributed by atoms with E-state index in [4.69, 9.17) is 9.97 Å². The van der Waals surface area contributed by atoms with Crippen LogP contribution in [0, 0.1) is 11.8 Å². The van der Waals surface area contributed by atoms with Gasteiger partial charge in [0, 0.05) is 68.7 Å². The Kier molecular flexibility index (Phi) is 7.30. The lowest BCUT2D eigenvalue weighted by Gasteiger charge is -2.42. The fourth-order valence-corrected chi connectivity index (χ4v) is 7.85. The summed E-state index contributed by atoms with van der Waals surface area (Å²) in [4.78, 5) is 18.3. The van der Waals surface area contributed by atoms with E-state index in [1.165, 1.54) is 5.56 Å². The summed E-state index contributed by atoms with van der Waals surface area (Å²) < 4.78 is 25.2. The van der Waals surface area contributed by atoms with Crippen molar-refractivity contribution in [2.45, 2.75) is 44.5 Å². The number of rotatable bonds is 8. The van der Waals surface area contributed by atoms with E-state index in [-0.39, 0.29) is 28.9 Å². The lowest BCUT2D eigenvalue weighted by molar-refractivity contribution is 0.0966. The fraction of sp³-hybridized carbons (Fsp3) is 0.552. The van der Waals surface area contributed by atoms with Crippen LogP contribution in [0.15, 0.2) is 36.7 Å². The van der Waals surface area contributed by atoms with Crippen LogP contribution < -0.4 is 20.4 Å². The summed E-state index contributed by atoms with van der Waals surface area (Å²) in [6.45, 7) is 10.5. The van der Waals surface area contributed by atoms with Crippen LogP contribution in [0.5, 0.6) is 0 Å². The molecule has 2 atom stereocenters. The number of sulfone groups is 1. The summed E-state index contributed by atoms with van der Waals surface area (Å²) in [6.07, 6.45) is 4.10. The number of hydrogen-bond donors (Lipinski definition) is 3.